The number of hydrogen-bond donors (Lipinski definition) is 2. The lowest BCUT2D eigenvalue weighted by Crippen LogP contribution is -2.30. The molecule has 1 saturated heterocycles. The number of amides is 1. The summed E-state index contributed by atoms with van der Waals surface area (Å²) < 4.78 is 37.8. The van der Waals surface area contributed by atoms with Gasteiger partial charge in [0.15, 0.2) is 0 Å². The van der Waals surface area contributed by atoms with Crippen molar-refractivity contribution in [1.82, 2.24) is 4.90 Å². The van der Waals surface area contributed by atoms with Crippen LogP contribution in [0.3, 0.4) is 0 Å². The van der Waals surface area contributed by atoms with E-state index < -0.39 is 11.7 Å². The summed E-state index contributed by atoms with van der Waals surface area (Å²) >= 11 is 0. The first-order valence-corrected chi connectivity index (χ1v) is 7.84. The van der Waals surface area contributed by atoms with Crippen LogP contribution in [-0.2, 0) is 11.0 Å². The highest BCUT2D eigenvalue weighted by Gasteiger charge is 2.36. The van der Waals surface area contributed by atoms with Crippen LogP contribution in [0, 0.1) is 11.8 Å². The molecule has 1 amide bonds. The first-order chi connectivity index (χ1) is 10.8. The van der Waals surface area contributed by atoms with Gasteiger partial charge in [0.05, 0.1) is 16.9 Å². The molecule has 1 saturated carbocycles. The Morgan fingerprint density at radius 3 is 2.65 bits per heavy atom. The van der Waals surface area contributed by atoms with E-state index in [0.29, 0.717) is 24.7 Å². The van der Waals surface area contributed by atoms with E-state index in [1.807, 2.05) is 4.90 Å². The zero-order chi connectivity index (χ0) is 16.6. The molecular formula is C16H20F3N3O. The van der Waals surface area contributed by atoms with E-state index in [0.717, 1.165) is 37.9 Å². The van der Waals surface area contributed by atoms with Crippen molar-refractivity contribution in [1.29, 1.82) is 0 Å². The summed E-state index contributed by atoms with van der Waals surface area (Å²) in [6, 6.07) is 3.33. The SMILES string of the molecule is Nc1cc(C(F)(F)F)ccc1NC[C@@H]1CCN(C(=O)C2CC2)C1. The van der Waals surface area contributed by atoms with E-state index in [1.165, 1.54) is 6.07 Å². The minimum Gasteiger partial charge on any atom is -0.397 e. The van der Waals surface area contributed by atoms with Crippen LogP contribution < -0.4 is 11.1 Å². The molecule has 0 unspecified atom stereocenters. The van der Waals surface area contributed by atoms with Gasteiger partial charge >= 0.3 is 6.18 Å². The van der Waals surface area contributed by atoms with Crippen LogP contribution in [0.15, 0.2) is 18.2 Å². The maximum atomic E-state index is 12.6. The quantitative estimate of drug-likeness (QED) is 0.836. The number of nitrogens with zero attached hydrogens (tertiary/aromatic N) is 1. The van der Waals surface area contributed by atoms with Gasteiger partial charge in [-0.25, -0.2) is 0 Å². The summed E-state index contributed by atoms with van der Waals surface area (Å²) in [4.78, 5) is 13.9. The van der Waals surface area contributed by atoms with E-state index >= 15 is 0 Å². The highest BCUT2D eigenvalue weighted by Crippen LogP contribution is 2.34. The number of nitrogens with one attached hydrogen (secondary N) is 1. The van der Waals surface area contributed by atoms with E-state index in [1.54, 1.807) is 0 Å². The van der Waals surface area contributed by atoms with Crippen molar-refractivity contribution in [3.8, 4) is 0 Å². The lowest BCUT2D eigenvalue weighted by molar-refractivity contribution is -0.137. The van der Waals surface area contributed by atoms with Crippen molar-refractivity contribution >= 4 is 17.3 Å². The third kappa shape index (κ3) is 3.71. The molecule has 2 aliphatic rings. The number of hydrogen-bond acceptors (Lipinski definition) is 3. The first kappa shape index (κ1) is 16.0. The van der Waals surface area contributed by atoms with Gasteiger partial charge in [-0.1, -0.05) is 0 Å². The predicted molar refractivity (Wildman–Crippen MR) is 81.8 cm³/mol. The van der Waals surface area contributed by atoms with Gasteiger partial charge in [0.1, 0.15) is 0 Å². The molecule has 1 aliphatic carbocycles. The Morgan fingerprint density at radius 1 is 1.30 bits per heavy atom. The Hall–Kier alpha value is -1.92. The van der Waals surface area contributed by atoms with Gasteiger partial charge < -0.3 is 16.0 Å². The molecule has 0 radical (unpaired) electrons. The van der Waals surface area contributed by atoms with Crippen molar-refractivity contribution in [2.45, 2.75) is 25.4 Å². The largest absolute Gasteiger partial charge is 0.416 e. The highest BCUT2D eigenvalue weighted by atomic mass is 19.4. The Kier molecular flexibility index (Phi) is 4.12. The maximum Gasteiger partial charge on any atom is 0.416 e. The number of anilines is 2. The third-order valence-corrected chi connectivity index (χ3v) is 4.48. The Morgan fingerprint density at radius 2 is 2.04 bits per heavy atom. The van der Waals surface area contributed by atoms with E-state index in [9.17, 15) is 18.0 Å². The van der Waals surface area contributed by atoms with Crippen LogP contribution in [0.2, 0.25) is 0 Å². The molecule has 4 nitrogen and oxygen atoms in total. The molecule has 1 heterocycles. The minimum atomic E-state index is -4.39. The number of halogens is 3. The lowest BCUT2D eigenvalue weighted by atomic mass is 10.1. The number of likely N-dealkylation sites (tertiary alicyclic amines) is 1. The number of nitrogens with two attached hydrogens (primary N) is 1. The second-order valence-electron chi connectivity index (χ2n) is 6.39. The average molecular weight is 327 g/mol. The predicted octanol–water partition coefficient (Wildman–Crippen LogP) is 2.96. The summed E-state index contributed by atoms with van der Waals surface area (Å²) in [5.41, 5.74) is 5.54. The minimum absolute atomic E-state index is 0.0868. The molecule has 1 aromatic rings. The summed E-state index contributed by atoms with van der Waals surface area (Å²) in [6.45, 7) is 2.08. The van der Waals surface area contributed by atoms with Crippen molar-refractivity contribution < 1.29 is 18.0 Å². The van der Waals surface area contributed by atoms with Crippen LogP contribution in [0.5, 0.6) is 0 Å². The number of carbonyl (C=O) groups is 1. The molecule has 0 aromatic heterocycles. The lowest BCUT2D eigenvalue weighted by Gasteiger charge is -2.17. The second kappa shape index (κ2) is 5.94. The molecule has 23 heavy (non-hydrogen) atoms. The van der Waals surface area contributed by atoms with Crippen molar-refractivity contribution in [3.05, 3.63) is 23.8 Å². The number of benzene rings is 1. The fraction of sp³-hybridized carbons (Fsp3) is 0.562. The summed E-state index contributed by atoms with van der Waals surface area (Å²) in [5, 5.41) is 3.11. The monoisotopic (exact) mass is 327 g/mol. The van der Waals surface area contributed by atoms with Crippen molar-refractivity contribution in [2.24, 2.45) is 11.8 Å². The Labute approximate surface area is 132 Å². The average Bonchev–Trinajstić information content (AvgIpc) is 3.23. The molecule has 1 aliphatic heterocycles. The molecule has 3 N–H and O–H groups in total. The molecule has 0 bridgehead atoms. The molecule has 2 fully saturated rings. The van der Waals surface area contributed by atoms with Gasteiger partial charge in [0.25, 0.3) is 0 Å². The van der Waals surface area contributed by atoms with E-state index in [4.69, 9.17) is 5.73 Å². The summed E-state index contributed by atoms with van der Waals surface area (Å²) in [7, 11) is 0. The number of rotatable bonds is 4. The van der Waals surface area contributed by atoms with Crippen molar-refractivity contribution in [3.63, 3.8) is 0 Å². The third-order valence-electron chi connectivity index (χ3n) is 4.48. The van der Waals surface area contributed by atoms with Gasteiger partial charge in [-0.3, -0.25) is 4.79 Å². The van der Waals surface area contributed by atoms with Gasteiger partial charge in [-0.15, -0.1) is 0 Å². The zero-order valence-corrected chi connectivity index (χ0v) is 12.7. The molecule has 7 heteroatoms. The normalized spacial score (nSPS) is 21.5. The van der Waals surface area contributed by atoms with Crippen LogP contribution in [0.25, 0.3) is 0 Å². The molecule has 0 spiro atoms. The van der Waals surface area contributed by atoms with Crippen LogP contribution in [0.4, 0.5) is 24.5 Å². The van der Waals surface area contributed by atoms with Gasteiger partial charge in [-0.2, -0.15) is 13.2 Å². The van der Waals surface area contributed by atoms with E-state index in [-0.39, 0.29) is 17.5 Å². The maximum absolute atomic E-state index is 12.6. The summed E-state index contributed by atoms with van der Waals surface area (Å²) in [5.74, 6) is 0.785. The Bertz CT molecular complexity index is 599. The highest BCUT2D eigenvalue weighted by molar-refractivity contribution is 5.81. The fourth-order valence-electron chi connectivity index (χ4n) is 2.94. The van der Waals surface area contributed by atoms with E-state index in [2.05, 4.69) is 5.32 Å². The molecule has 1 aromatic carbocycles. The zero-order valence-electron chi connectivity index (χ0n) is 12.7. The van der Waals surface area contributed by atoms with Crippen LogP contribution >= 0.6 is 0 Å². The molecular weight excluding hydrogens is 307 g/mol. The summed E-state index contributed by atoms with van der Waals surface area (Å²) in [6.07, 6.45) is -1.48. The number of nitrogen functional groups attached to an aromatic ring is 1. The van der Waals surface area contributed by atoms with Gasteiger partial charge in [-0.05, 0) is 43.4 Å². The number of alkyl halides is 3. The number of carbonyl (C=O) groups excluding carboxylic acids is 1. The molecule has 1 atom stereocenters. The fourth-order valence-corrected chi connectivity index (χ4v) is 2.94. The van der Waals surface area contributed by atoms with Gasteiger partial charge in [0.2, 0.25) is 5.91 Å². The first-order valence-electron chi connectivity index (χ1n) is 7.84. The molecule has 126 valence electrons. The van der Waals surface area contributed by atoms with Gasteiger partial charge in [0, 0.05) is 25.6 Å². The topological polar surface area (TPSA) is 58.4 Å². The van der Waals surface area contributed by atoms with Crippen LogP contribution in [-0.4, -0.2) is 30.4 Å². The smallest absolute Gasteiger partial charge is 0.397 e. The van der Waals surface area contributed by atoms with Crippen molar-refractivity contribution in [2.75, 3.05) is 30.7 Å². The van der Waals surface area contributed by atoms with Crippen LogP contribution in [0.1, 0.15) is 24.8 Å². The second-order valence-corrected chi connectivity index (χ2v) is 6.39. The standard InChI is InChI=1S/C16H20F3N3O/c17-16(18,19)12-3-4-14(13(20)7-12)21-8-10-5-6-22(9-10)15(23)11-1-2-11/h3-4,7,10-11,21H,1-2,5-6,8-9,20H2/t10-/m0/s1. The molecule has 3 rings (SSSR count). The Balaban J connectivity index is 1.53.